The number of halogens is 2. The third-order valence-electron chi connectivity index (χ3n) is 2.31. The maximum atomic E-state index is 8.79. The number of hydrogen-bond donors (Lipinski definition) is 1. The van der Waals surface area contributed by atoms with Gasteiger partial charge in [0.15, 0.2) is 0 Å². The van der Waals surface area contributed by atoms with Crippen molar-refractivity contribution < 1.29 is 9.84 Å². The molecular weight excluding hydrogens is 300 g/mol. The number of alkyl halides is 2. The van der Waals surface area contributed by atoms with Crippen LogP contribution in [0.3, 0.4) is 0 Å². The lowest BCUT2D eigenvalue weighted by Crippen LogP contribution is -2.30. The molecule has 0 aliphatic heterocycles. The zero-order chi connectivity index (χ0) is 9.68. The first-order valence-electron chi connectivity index (χ1n) is 4.74. The molecule has 0 radical (unpaired) electrons. The van der Waals surface area contributed by atoms with Crippen LogP contribution in [0.4, 0.5) is 0 Å². The molecule has 0 spiro atoms. The fourth-order valence-corrected chi connectivity index (χ4v) is 2.41. The van der Waals surface area contributed by atoms with Crippen LogP contribution in [-0.2, 0) is 4.74 Å². The second-order valence-corrected chi connectivity index (χ2v) is 5.92. The highest BCUT2D eigenvalue weighted by atomic mass is 79.9. The van der Waals surface area contributed by atoms with Gasteiger partial charge in [-0.3, -0.25) is 0 Å². The van der Waals surface area contributed by atoms with Crippen molar-refractivity contribution in [2.45, 2.75) is 41.4 Å². The third kappa shape index (κ3) is 4.28. The highest BCUT2D eigenvalue weighted by Crippen LogP contribution is 2.27. The van der Waals surface area contributed by atoms with E-state index in [4.69, 9.17) is 9.84 Å². The van der Waals surface area contributed by atoms with Gasteiger partial charge < -0.3 is 9.84 Å². The molecule has 1 aliphatic carbocycles. The fourth-order valence-electron chi connectivity index (χ4n) is 1.52. The molecule has 1 aliphatic rings. The van der Waals surface area contributed by atoms with Gasteiger partial charge in [-0.2, -0.15) is 0 Å². The van der Waals surface area contributed by atoms with Gasteiger partial charge in [-0.1, -0.05) is 44.7 Å². The smallest absolute Gasteiger partial charge is 0.0700 e. The summed E-state index contributed by atoms with van der Waals surface area (Å²) in [5, 5.41) is 8.79. The molecule has 0 aromatic carbocycles. The molecule has 0 saturated heterocycles. The number of hydrogen-bond acceptors (Lipinski definition) is 2. The molecular formula is C9H16Br2O2. The zero-order valence-electron chi connectivity index (χ0n) is 7.59. The van der Waals surface area contributed by atoms with Crippen LogP contribution in [0, 0.1) is 0 Å². The van der Waals surface area contributed by atoms with E-state index in [-0.39, 0.29) is 11.4 Å². The van der Waals surface area contributed by atoms with Gasteiger partial charge in [0.05, 0.1) is 24.1 Å². The Labute approximate surface area is 96.3 Å². The summed E-state index contributed by atoms with van der Waals surface area (Å²) in [6.45, 7) is 0.739. The standard InChI is InChI=1S/C9H16Br2O2/c10-7(5-12)6-13-9-4-2-1-3-8(9)11/h7-9,12H,1-6H2. The molecule has 0 bridgehead atoms. The lowest BCUT2D eigenvalue weighted by molar-refractivity contribution is 0.0305. The van der Waals surface area contributed by atoms with Crippen molar-refractivity contribution in [2.75, 3.05) is 13.2 Å². The van der Waals surface area contributed by atoms with Crippen LogP contribution in [0.15, 0.2) is 0 Å². The Balaban J connectivity index is 2.18. The van der Waals surface area contributed by atoms with Crippen LogP contribution < -0.4 is 0 Å². The van der Waals surface area contributed by atoms with Crippen LogP contribution in [0.2, 0.25) is 0 Å². The maximum Gasteiger partial charge on any atom is 0.0700 e. The third-order valence-corrected chi connectivity index (χ3v) is 3.91. The molecule has 3 unspecified atom stereocenters. The van der Waals surface area contributed by atoms with E-state index in [0.717, 1.165) is 6.42 Å². The Bertz CT molecular complexity index is 144. The van der Waals surface area contributed by atoms with Gasteiger partial charge in [-0.25, -0.2) is 0 Å². The van der Waals surface area contributed by atoms with E-state index in [2.05, 4.69) is 31.9 Å². The molecule has 0 aromatic heterocycles. The SMILES string of the molecule is OCC(Br)COC1CCCCC1Br. The van der Waals surface area contributed by atoms with E-state index >= 15 is 0 Å². The Kier molecular flexibility index (Phi) is 5.87. The summed E-state index contributed by atoms with van der Waals surface area (Å²) in [6, 6.07) is 0. The first-order valence-corrected chi connectivity index (χ1v) is 6.57. The van der Waals surface area contributed by atoms with E-state index in [1.807, 2.05) is 0 Å². The van der Waals surface area contributed by atoms with Crippen LogP contribution in [0.25, 0.3) is 0 Å². The van der Waals surface area contributed by atoms with Gasteiger partial charge in [0, 0.05) is 4.83 Å². The molecule has 2 nitrogen and oxygen atoms in total. The zero-order valence-corrected chi connectivity index (χ0v) is 10.8. The Hall–Kier alpha value is 0.880. The lowest BCUT2D eigenvalue weighted by atomic mass is 9.98. The summed E-state index contributed by atoms with van der Waals surface area (Å²) >= 11 is 6.96. The predicted octanol–water partition coefficient (Wildman–Crippen LogP) is 2.46. The van der Waals surface area contributed by atoms with E-state index in [1.165, 1.54) is 19.3 Å². The minimum atomic E-state index is 0.0779. The molecule has 0 amide bonds. The molecule has 1 rings (SSSR count). The summed E-state index contributed by atoms with van der Waals surface area (Å²) in [5.74, 6) is 0. The van der Waals surface area contributed by atoms with Crippen LogP contribution in [0.1, 0.15) is 25.7 Å². The second kappa shape index (κ2) is 6.38. The Morgan fingerprint density at radius 3 is 2.69 bits per heavy atom. The van der Waals surface area contributed by atoms with Crippen molar-refractivity contribution in [2.24, 2.45) is 0 Å². The van der Waals surface area contributed by atoms with E-state index < -0.39 is 0 Å². The highest BCUT2D eigenvalue weighted by molar-refractivity contribution is 9.09. The van der Waals surface area contributed by atoms with Gasteiger partial charge in [0.25, 0.3) is 0 Å². The topological polar surface area (TPSA) is 29.5 Å². The minimum Gasteiger partial charge on any atom is -0.395 e. The second-order valence-electron chi connectivity index (χ2n) is 3.45. The normalized spacial score (nSPS) is 31.6. The van der Waals surface area contributed by atoms with Gasteiger partial charge in [0.2, 0.25) is 0 Å². The number of ether oxygens (including phenoxy) is 1. The summed E-state index contributed by atoms with van der Waals surface area (Å²) in [4.78, 5) is 0.578. The fraction of sp³-hybridized carbons (Fsp3) is 1.00. The Morgan fingerprint density at radius 2 is 2.08 bits per heavy atom. The summed E-state index contributed by atoms with van der Waals surface area (Å²) in [5.41, 5.74) is 0. The first-order chi connectivity index (χ1) is 6.24. The molecule has 78 valence electrons. The van der Waals surface area contributed by atoms with Crippen molar-refractivity contribution in [1.29, 1.82) is 0 Å². The van der Waals surface area contributed by atoms with Crippen LogP contribution >= 0.6 is 31.9 Å². The van der Waals surface area contributed by atoms with Crippen molar-refractivity contribution in [3.8, 4) is 0 Å². The summed E-state index contributed by atoms with van der Waals surface area (Å²) < 4.78 is 5.69. The average molecular weight is 316 g/mol. The van der Waals surface area contributed by atoms with E-state index in [9.17, 15) is 0 Å². The van der Waals surface area contributed by atoms with Gasteiger partial charge in [-0.05, 0) is 12.8 Å². The number of aliphatic hydroxyl groups excluding tert-OH is 1. The summed E-state index contributed by atoms with van der Waals surface area (Å²) in [6.07, 6.45) is 5.24. The van der Waals surface area contributed by atoms with E-state index in [0.29, 0.717) is 17.5 Å². The maximum absolute atomic E-state index is 8.79. The van der Waals surface area contributed by atoms with Gasteiger partial charge in [0.1, 0.15) is 0 Å². The van der Waals surface area contributed by atoms with E-state index in [1.54, 1.807) is 0 Å². The molecule has 4 heteroatoms. The van der Waals surface area contributed by atoms with Crippen molar-refractivity contribution in [3.63, 3.8) is 0 Å². The Morgan fingerprint density at radius 1 is 1.38 bits per heavy atom. The van der Waals surface area contributed by atoms with Crippen molar-refractivity contribution >= 4 is 31.9 Å². The minimum absolute atomic E-state index is 0.0779. The quantitative estimate of drug-likeness (QED) is 0.808. The van der Waals surface area contributed by atoms with Crippen molar-refractivity contribution in [3.05, 3.63) is 0 Å². The average Bonchev–Trinajstić information content (AvgIpc) is 2.16. The molecule has 0 heterocycles. The predicted molar refractivity (Wildman–Crippen MR) is 60.7 cm³/mol. The number of aliphatic hydroxyl groups is 1. The molecule has 1 saturated carbocycles. The monoisotopic (exact) mass is 314 g/mol. The molecule has 13 heavy (non-hydrogen) atoms. The number of rotatable bonds is 4. The molecule has 3 atom stereocenters. The highest BCUT2D eigenvalue weighted by Gasteiger charge is 2.23. The first kappa shape index (κ1) is 12.0. The molecule has 1 N–H and O–H groups in total. The van der Waals surface area contributed by atoms with Gasteiger partial charge in [-0.15, -0.1) is 0 Å². The lowest BCUT2D eigenvalue weighted by Gasteiger charge is -2.28. The molecule has 0 aromatic rings. The largest absolute Gasteiger partial charge is 0.395 e. The van der Waals surface area contributed by atoms with Crippen LogP contribution in [0.5, 0.6) is 0 Å². The summed E-state index contributed by atoms with van der Waals surface area (Å²) in [7, 11) is 0. The van der Waals surface area contributed by atoms with Crippen molar-refractivity contribution in [1.82, 2.24) is 0 Å². The van der Waals surface area contributed by atoms with Crippen LogP contribution in [-0.4, -0.2) is 34.1 Å². The molecule has 1 fully saturated rings. The van der Waals surface area contributed by atoms with Gasteiger partial charge >= 0.3 is 0 Å².